The molecule has 0 unspecified atom stereocenters. The lowest BCUT2D eigenvalue weighted by molar-refractivity contribution is -0.143. The van der Waals surface area contributed by atoms with Crippen LogP contribution in [0.25, 0.3) is 0 Å². The van der Waals surface area contributed by atoms with Gasteiger partial charge in [0.05, 0.1) is 13.0 Å². The molecule has 0 aliphatic rings. The molecule has 0 atom stereocenters. The molecule has 0 aliphatic heterocycles. The molecular weight excluding hydrogens is 300 g/mol. The number of carboxylic acids is 1. The molecule has 5 heteroatoms. The summed E-state index contributed by atoms with van der Waals surface area (Å²) in [5.74, 6) is -1.15. The molecular formula is C13H15BrO4. The average molecular weight is 315 g/mol. The Bertz CT molecular complexity index is 443. The number of hydrogen-bond acceptors (Lipinski definition) is 3. The van der Waals surface area contributed by atoms with Crippen LogP contribution in [-0.4, -0.2) is 23.7 Å². The molecule has 0 amide bonds. The third kappa shape index (κ3) is 4.87. The van der Waals surface area contributed by atoms with E-state index in [4.69, 9.17) is 9.84 Å². The van der Waals surface area contributed by atoms with E-state index >= 15 is 0 Å². The van der Waals surface area contributed by atoms with Crippen molar-refractivity contribution in [2.75, 3.05) is 6.61 Å². The van der Waals surface area contributed by atoms with Gasteiger partial charge in [0, 0.05) is 10.9 Å². The molecule has 0 aliphatic carbocycles. The molecule has 0 spiro atoms. The molecule has 0 fully saturated rings. The molecule has 4 nitrogen and oxygen atoms in total. The van der Waals surface area contributed by atoms with Crippen molar-refractivity contribution in [3.8, 4) is 0 Å². The van der Waals surface area contributed by atoms with Crippen molar-refractivity contribution in [1.82, 2.24) is 0 Å². The number of carbonyl (C=O) groups is 2. The Morgan fingerprint density at radius 3 is 2.67 bits per heavy atom. The van der Waals surface area contributed by atoms with Crippen molar-refractivity contribution in [1.29, 1.82) is 0 Å². The Morgan fingerprint density at radius 1 is 1.33 bits per heavy atom. The van der Waals surface area contributed by atoms with Crippen molar-refractivity contribution in [2.45, 2.75) is 26.2 Å². The fraction of sp³-hybridized carbons (Fsp3) is 0.385. The van der Waals surface area contributed by atoms with Gasteiger partial charge >= 0.3 is 11.9 Å². The lowest BCUT2D eigenvalue weighted by Crippen LogP contribution is -2.08. The fourth-order valence-electron chi connectivity index (χ4n) is 1.64. The standard InChI is InChI=1S/C13H15BrO4/c1-2-18-13(17)6-4-9-3-5-11(14)7-10(9)8-12(15)16/h3,5,7H,2,4,6,8H2,1H3,(H,15,16). The van der Waals surface area contributed by atoms with Crippen LogP contribution in [0, 0.1) is 0 Å². The van der Waals surface area contributed by atoms with Gasteiger partial charge in [0.2, 0.25) is 0 Å². The highest BCUT2D eigenvalue weighted by Crippen LogP contribution is 2.19. The van der Waals surface area contributed by atoms with Crippen molar-refractivity contribution >= 4 is 27.9 Å². The number of ether oxygens (including phenoxy) is 1. The minimum absolute atomic E-state index is 0.0440. The van der Waals surface area contributed by atoms with Crippen LogP contribution in [0.4, 0.5) is 0 Å². The quantitative estimate of drug-likeness (QED) is 0.820. The van der Waals surface area contributed by atoms with Crippen molar-refractivity contribution in [3.05, 3.63) is 33.8 Å². The maximum Gasteiger partial charge on any atom is 0.307 e. The first-order valence-electron chi connectivity index (χ1n) is 5.67. The van der Waals surface area contributed by atoms with Gasteiger partial charge in [-0.15, -0.1) is 0 Å². The first-order valence-corrected chi connectivity index (χ1v) is 6.47. The third-order valence-corrected chi connectivity index (χ3v) is 2.91. The normalized spacial score (nSPS) is 10.1. The topological polar surface area (TPSA) is 63.6 Å². The highest BCUT2D eigenvalue weighted by Gasteiger charge is 2.10. The van der Waals surface area contributed by atoms with Gasteiger partial charge in [-0.2, -0.15) is 0 Å². The van der Waals surface area contributed by atoms with E-state index in [0.717, 1.165) is 15.6 Å². The summed E-state index contributed by atoms with van der Waals surface area (Å²) < 4.78 is 5.68. The zero-order chi connectivity index (χ0) is 13.5. The van der Waals surface area contributed by atoms with E-state index in [-0.39, 0.29) is 18.8 Å². The van der Waals surface area contributed by atoms with Gasteiger partial charge in [0.25, 0.3) is 0 Å². The summed E-state index contributed by atoms with van der Waals surface area (Å²) in [6, 6.07) is 5.45. The molecule has 0 radical (unpaired) electrons. The number of rotatable bonds is 6. The van der Waals surface area contributed by atoms with Gasteiger partial charge in [-0.25, -0.2) is 0 Å². The monoisotopic (exact) mass is 314 g/mol. The van der Waals surface area contributed by atoms with Crippen molar-refractivity contribution in [3.63, 3.8) is 0 Å². The van der Waals surface area contributed by atoms with Crippen LogP contribution in [0.3, 0.4) is 0 Å². The van der Waals surface area contributed by atoms with Gasteiger partial charge < -0.3 is 9.84 Å². The maximum atomic E-state index is 11.3. The van der Waals surface area contributed by atoms with Gasteiger partial charge in [-0.1, -0.05) is 22.0 Å². The number of carboxylic acid groups (broad SMARTS) is 1. The minimum atomic E-state index is -0.884. The van der Waals surface area contributed by atoms with Crippen LogP contribution >= 0.6 is 15.9 Å². The Labute approximate surface area is 114 Å². The summed E-state index contributed by atoms with van der Waals surface area (Å²) in [5.41, 5.74) is 1.59. The zero-order valence-corrected chi connectivity index (χ0v) is 11.7. The minimum Gasteiger partial charge on any atom is -0.481 e. The smallest absolute Gasteiger partial charge is 0.307 e. The van der Waals surface area contributed by atoms with Crippen LogP contribution in [0.15, 0.2) is 22.7 Å². The average Bonchev–Trinajstić information content (AvgIpc) is 2.27. The molecule has 0 saturated heterocycles. The largest absolute Gasteiger partial charge is 0.481 e. The molecule has 0 saturated carbocycles. The molecule has 1 rings (SSSR count). The van der Waals surface area contributed by atoms with Crippen LogP contribution in [0.5, 0.6) is 0 Å². The van der Waals surface area contributed by atoms with Gasteiger partial charge in [-0.05, 0) is 36.6 Å². The highest BCUT2D eigenvalue weighted by molar-refractivity contribution is 9.10. The molecule has 1 aromatic carbocycles. The van der Waals surface area contributed by atoms with E-state index in [9.17, 15) is 9.59 Å². The molecule has 1 N–H and O–H groups in total. The second-order valence-corrected chi connectivity index (χ2v) is 4.70. The predicted molar refractivity (Wildman–Crippen MR) is 70.4 cm³/mol. The van der Waals surface area contributed by atoms with Gasteiger partial charge in [-0.3, -0.25) is 9.59 Å². The first-order chi connectivity index (χ1) is 8.52. The summed E-state index contributed by atoms with van der Waals surface area (Å²) >= 11 is 3.31. The maximum absolute atomic E-state index is 11.3. The lowest BCUT2D eigenvalue weighted by atomic mass is 10.0. The molecule has 0 bridgehead atoms. The molecule has 1 aromatic rings. The Balaban J connectivity index is 2.74. The van der Waals surface area contributed by atoms with E-state index < -0.39 is 5.97 Å². The summed E-state index contributed by atoms with van der Waals surface area (Å²) in [7, 11) is 0. The first kappa shape index (κ1) is 14.7. The lowest BCUT2D eigenvalue weighted by Gasteiger charge is -2.08. The van der Waals surface area contributed by atoms with E-state index in [1.54, 1.807) is 13.0 Å². The second kappa shape index (κ2) is 7.16. The van der Waals surface area contributed by atoms with Crippen LogP contribution in [-0.2, 0) is 27.2 Å². The Morgan fingerprint density at radius 2 is 2.06 bits per heavy atom. The fourth-order valence-corrected chi connectivity index (χ4v) is 2.04. The number of benzene rings is 1. The van der Waals surface area contributed by atoms with E-state index in [1.165, 1.54) is 0 Å². The van der Waals surface area contributed by atoms with Crippen molar-refractivity contribution < 1.29 is 19.4 Å². The summed E-state index contributed by atoms with van der Waals surface area (Å²) in [6.07, 6.45) is 0.717. The Hall–Kier alpha value is -1.36. The predicted octanol–water partition coefficient (Wildman–Crippen LogP) is 2.57. The number of aliphatic carboxylic acids is 1. The van der Waals surface area contributed by atoms with E-state index in [2.05, 4.69) is 15.9 Å². The second-order valence-electron chi connectivity index (χ2n) is 3.79. The molecule has 0 heterocycles. The number of esters is 1. The van der Waals surface area contributed by atoms with E-state index in [0.29, 0.717) is 13.0 Å². The summed E-state index contributed by atoms with van der Waals surface area (Å²) in [4.78, 5) is 22.0. The van der Waals surface area contributed by atoms with Gasteiger partial charge in [0.1, 0.15) is 0 Å². The number of hydrogen-bond donors (Lipinski definition) is 1. The zero-order valence-electron chi connectivity index (χ0n) is 10.1. The highest BCUT2D eigenvalue weighted by atomic mass is 79.9. The summed E-state index contributed by atoms with van der Waals surface area (Å²) in [6.45, 7) is 2.12. The third-order valence-electron chi connectivity index (χ3n) is 2.41. The van der Waals surface area contributed by atoms with Crippen LogP contribution < -0.4 is 0 Å². The number of carbonyl (C=O) groups excluding carboxylic acids is 1. The summed E-state index contributed by atoms with van der Waals surface area (Å²) in [5, 5.41) is 8.84. The Kier molecular flexibility index (Phi) is 5.85. The van der Waals surface area contributed by atoms with Crippen LogP contribution in [0.1, 0.15) is 24.5 Å². The number of halogens is 1. The molecule has 0 aromatic heterocycles. The van der Waals surface area contributed by atoms with Gasteiger partial charge in [0.15, 0.2) is 0 Å². The molecule has 98 valence electrons. The number of aryl methyl sites for hydroxylation is 1. The van der Waals surface area contributed by atoms with Crippen molar-refractivity contribution in [2.24, 2.45) is 0 Å². The van der Waals surface area contributed by atoms with Crippen LogP contribution in [0.2, 0.25) is 0 Å². The molecule has 18 heavy (non-hydrogen) atoms. The SMILES string of the molecule is CCOC(=O)CCc1ccc(Br)cc1CC(=O)O. The van der Waals surface area contributed by atoms with E-state index in [1.807, 2.05) is 12.1 Å².